The minimum atomic E-state index is -1.25. The van der Waals surface area contributed by atoms with E-state index >= 15 is 0 Å². The largest absolute Gasteiger partial charge is 0.480 e. The molecule has 1 aliphatic heterocycles. The fourth-order valence-electron chi connectivity index (χ4n) is 7.25. The number of nitrogens with zero attached hydrogens (tertiary/aromatic N) is 3. The van der Waals surface area contributed by atoms with Gasteiger partial charge >= 0.3 is 12.1 Å². The van der Waals surface area contributed by atoms with Crippen LogP contribution in [0.1, 0.15) is 71.1 Å². The summed E-state index contributed by atoms with van der Waals surface area (Å²) in [5.74, 6) is -1.71. The first-order chi connectivity index (χ1) is 26.4. The van der Waals surface area contributed by atoms with E-state index in [1.165, 1.54) is 17.1 Å². The minimum absolute atomic E-state index is 0.0416. The molecule has 4 N–H and O–H groups in total. The van der Waals surface area contributed by atoms with Crippen LogP contribution in [0, 0.1) is 15.5 Å². The summed E-state index contributed by atoms with van der Waals surface area (Å²) in [6, 6.07) is 16.4. The highest BCUT2D eigenvalue weighted by atomic mass is 16.6. The molecule has 300 valence electrons. The second-order valence-electron chi connectivity index (χ2n) is 16.1. The standard InChI is InChI=1S/C42H53N5O9/c1-8-45-36-16-15-27(22-32(36)33(23-42(5,6)25-48)37(45)31-13-10-9-12-28(31)24-55-7)29-18-26(19-30(21-29)47(53)54)20-35(43-40(52)56-41(2,3)4)38(49)46-17-11-14-34(44-46)39(50)51/h9-10,12-13,15-16,18-19,21-22,34-35,44,48H,8,11,14,17,20,23-25H2,1-7H3,(H,43,52)(H,50,51)/t34-,35?/m0/s1. The first-order valence-corrected chi connectivity index (χ1v) is 18.9. The van der Waals surface area contributed by atoms with Crippen molar-refractivity contribution in [1.29, 1.82) is 0 Å². The molecule has 1 aromatic heterocycles. The molecule has 1 aliphatic rings. The van der Waals surface area contributed by atoms with E-state index in [2.05, 4.69) is 28.3 Å². The Bertz CT molecular complexity index is 2100. The number of carboxylic acids is 1. The van der Waals surface area contributed by atoms with Gasteiger partial charge in [0, 0.05) is 61.8 Å². The molecule has 1 fully saturated rings. The number of aliphatic carboxylic acids is 1. The number of non-ortho nitro benzene ring substituents is 1. The van der Waals surface area contributed by atoms with Crippen LogP contribution in [0.3, 0.4) is 0 Å². The first-order valence-electron chi connectivity index (χ1n) is 18.9. The molecule has 5 rings (SSSR count). The molecule has 14 nitrogen and oxygen atoms in total. The summed E-state index contributed by atoms with van der Waals surface area (Å²) >= 11 is 0. The minimum Gasteiger partial charge on any atom is -0.480 e. The van der Waals surface area contributed by atoms with Gasteiger partial charge in [0.25, 0.3) is 11.6 Å². The maximum atomic E-state index is 14.0. The lowest BCUT2D eigenvalue weighted by Gasteiger charge is -2.34. The van der Waals surface area contributed by atoms with Crippen molar-refractivity contribution in [3.8, 4) is 22.4 Å². The van der Waals surface area contributed by atoms with Crippen LogP contribution in [0.2, 0.25) is 0 Å². The molecule has 4 aromatic rings. The molecule has 2 heterocycles. The van der Waals surface area contributed by atoms with Gasteiger partial charge in [0.1, 0.15) is 17.7 Å². The topological polar surface area (TPSA) is 185 Å². The smallest absolute Gasteiger partial charge is 0.408 e. The number of carboxylic acid groups (broad SMARTS) is 1. The first kappa shape index (κ1) is 41.8. The number of nitrogens with one attached hydrogen (secondary N) is 2. The average molecular weight is 772 g/mol. The Kier molecular flexibility index (Phi) is 12.9. The molecule has 1 unspecified atom stereocenters. The third kappa shape index (κ3) is 9.73. The third-order valence-corrected chi connectivity index (χ3v) is 9.84. The SMILES string of the molecule is CCn1c(-c2ccccc2COC)c(CC(C)(C)CO)c2cc(-c3cc(CC(NC(=O)OC(C)(C)C)C(=O)N4CCC[C@@H](C(=O)O)N4)cc([N+](=O)[O-])c3)ccc21. The number of hydrogen-bond acceptors (Lipinski definition) is 9. The highest BCUT2D eigenvalue weighted by Crippen LogP contribution is 2.41. The van der Waals surface area contributed by atoms with Crippen molar-refractivity contribution in [3.63, 3.8) is 0 Å². The van der Waals surface area contributed by atoms with Crippen LogP contribution in [0.5, 0.6) is 0 Å². The van der Waals surface area contributed by atoms with Crippen molar-refractivity contribution in [3.05, 3.63) is 87.5 Å². The molecule has 0 radical (unpaired) electrons. The van der Waals surface area contributed by atoms with Crippen LogP contribution < -0.4 is 10.7 Å². The molecule has 0 aliphatic carbocycles. The number of alkyl carbamates (subject to hydrolysis) is 1. The molecule has 0 bridgehead atoms. The van der Waals surface area contributed by atoms with Crippen LogP contribution >= 0.6 is 0 Å². The Balaban J connectivity index is 1.63. The molecule has 56 heavy (non-hydrogen) atoms. The van der Waals surface area contributed by atoms with E-state index in [0.29, 0.717) is 49.1 Å². The van der Waals surface area contributed by atoms with Gasteiger partial charge in [-0.2, -0.15) is 0 Å². The monoisotopic (exact) mass is 771 g/mol. The van der Waals surface area contributed by atoms with Crippen LogP contribution in [0.25, 0.3) is 33.3 Å². The van der Waals surface area contributed by atoms with Gasteiger partial charge in [-0.1, -0.05) is 50.2 Å². The number of hydrogen-bond donors (Lipinski definition) is 4. The second-order valence-corrected chi connectivity index (χ2v) is 16.1. The number of aliphatic hydroxyl groups is 1. The number of ether oxygens (including phenoxy) is 2. The van der Waals surface area contributed by atoms with E-state index in [-0.39, 0.29) is 25.3 Å². The number of carbonyl (C=O) groups is 3. The number of hydrazine groups is 1. The zero-order chi connectivity index (χ0) is 40.9. The van der Waals surface area contributed by atoms with Gasteiger partial charge < -0.3 is 29.6 Å². The number of benzene rings is 3. The van der Waals surface area contributed by atoms with E-state index in [0.717, 1.165) is 33.3 Å². The number of amides is 2. The lowest BCUT2D eigenvalue weighted by molar-refractivity contribution is -0.384. The number of carbonyl (C=O) groups excluding carboxylic acids is 2. The number of aliphatic hydroxyl groups excluding tert-OH is 1. The van der Waals surface area contributed by atoms with Gasteiger partial charge in [-0.15, -0.1) is 0 Å². The maximum Gasteiger partial charge on any atom is 0.408 e. The molecule has 14 heteroatoms. The summed E-state index contributed by atoms with van der Waals surface area (Å²) in [6.45, 7) is 12.4. The number of aromatic nitrogens is 1. The van der Waals surface area contributed by atoms with Crippen molar-refractivity contribution in [2.24, 2.45) is 5.41 Å². The zero-order valence-electron chi connectivity index (χ0n) is 33.2. The molecule has 3 aromatic carbocycles. The lowest BCUT2D eigenvalue weighted by atomic mass is 9.84. The van der Waals surface area contributed by atoms with E-state index in [4.69, 9.17) is 9.47 Å². The van der Waals surface area contributed by atoms with E-state index in [1.807, 2.05) is 50.2 Å². The molecule has 2 amide bonds. The van der Waals surface area contributed by atoms with Crippen molar-refractivity contribution in [2.45, 2.75) is 98.1 Å². The Morgan fingerprint density at radius 3 is 2.43 bits per heavy atom. The van der Waals surface area contributed by atoms with E-state index in [1.54, 1.807) is 33.9 Å². The molecule has 1 saturated heterocycles. The number of rotatable bonds is 14. The summed E-state index contributed by atoms with van der Waals surface area (Å²) in [5.41, 5.74) is 7.85. The summed E-state index contributed by atoms with van der Waals surface area (Å²) < 4.78 is 13.3. The van der Waals surface area contributed by atoms with Gasteiger partial charge in [0.15, 0.2) is 0 Å². The van der Waals surface area contributed by atoms with E-state index in [9.17, 15) is 34.7 Å². The van der Waals surface area contributed by atoms with Gasteiger partial charge in [-0.3, -0.25) is 24.7 Å². The highest BCUT2D eigenvalue weighted by molar-refractivity contribution is 5.95. The Morgan fingerprint density at radius 2 is 1.79 bits per heavy atom. The predicted octanol–water partition coefficient (Wildman–Crippen LogP) is 6.63. The summed E-state index contributed by atoms with van der Waals surface area (Å²) in [6.07, 6.45) is 0.285. The van der Waals surface area contributed by atoms with Crippen molar-refractivity contribution in [2.75, 3.05) is 20.3 Å². The number of methoxy groups -OCH3 is 1. The molecule has 0 spiro atoms. The van der Waals surface area contributed by atoms with Crippen LogP contribution in [0.4, 0.5) is 10.5 Å². The van der Waals surface area contributed by atoms with Crippen molar-refractivity contribution >= 4 is 34.6 Å². The zero-order valence-corrected chi connectivity index (χ0v) is 33.2. The fraction of sp³-hybridized carbons (Fsp3) is 0.452. The molecule has 0 saturated carbocycles. The number of fused-ring (bicyclic) bond motifs is 1. The maximum absolute atomic E-state index is 14.0. The Hall–Kier alpha value is -5.31. The second kappa shape index (κ2) is 17.2. The highest BCUT2D eigenvalue weighted by Gasteiger charge is 2.34. The molecule has 2 atom stereocenters. The van der Waals surface area contributed by atoms with Gasteiger partial charge in [0.05, 0.1) is 17.2 Å². The van der Waals surface area contributed by atoms with Gasteiger partial charge in [0.2, 0.25) is 0 Å². The number of aryl methyl sites for hydroxylation is 1. The Labute approximate surface area is 326 Å². The summed E-state index contributed by atoms with van der Waals surface area (Å²) in [7, 11) is 1.66. The molecular formula is C42H53N5O9. The van der Waals surface area contributed by atoms with Crippen LogP contribution in [-0.2, 0) is 45.1 Å². The molecular weight excluding hydrogens is 718 g/mol. The number of nitro groups is 1. The van der Waals surface area contributed by atoms with Crippen LogP contribution in [0.15, 0.2) is 60.7 Å². The van der Waals surface area contributed by atoms with Gasteiger partial charge in [-0.05, 0) is 92.3 Å². The van der Waals surface area contributed by atoms with Gasteiger partial charge in [-0.25, -0.2) is 10.2 Å². The van der Waals surface area contributed by atoms with Crippen molar-refractivity contribution in [1.82, 2.24) is 20.3 Å². The fourth-order valence-corrected chi connectivity index (χ4v) is 7.25. The Morgan fingerprint density at radius 1 is 1.05 bits per heavy atom. The van der Waals surface area contributed by atoms with Crippen molar-refractivity contribution < 1.29 is 39.0 Å². The summed E-state index contributed by atoms with van der Waals surface area (Å²) in [4.78, 5) is 50.6. The third-order valence-electron chi connectivity index (χ3n) is 9.84. The van der Waals surface area contributed by atoms with Crippen LogP contribution in [-0.4, -0.2) is 80.6 Å². The number of nitro benzene ring substituents is 1. The quantitative estimate of drug-likeness (QED) is 0.0802. The lowest BCUT2D eigenvalue weighted by Crippen LogP contribution is -2.60. The normalized spacial score (nSPS) is 15.4. The summed E-state index contributed by atoms with van der Waals surface area (Å²) in [5, 5.41) is 37.1. The predicted molar refractivity (Wildman–Crippen MR) is 213 cm³/mol. The average Bonchev–Trinajstić information content (AvgIpc) is 3.45. The van der Waals surface area contributed by atoms with E-state index < -0.39 is 46.0 Å².